The van der Waals surface area contributed by atoms with Crippen LogP contribution in [0.25, 0.3) is 0 Å². The van der Waals surface area contributed by atoms with Gasteiger partial charge in [0.1, 0.15) is 0 Å². The molecule has 1 amide bonds. The molecule has 0 bridgehead atoms. The molecule has 0 aromatic rings. The maximum Gasteiger partial charge on any atom is 0.235 e. The van der Waals surface area contributed by atoms with E-state index in [1.165, 1.54) is 0 Å². The van der Waals surface area contributed by atoms with E-state index in [4.69, 9.17) is 5.26 Å². The summed E-state index contributed by atoms with van der Waals surface area (Å²) in [6.07, 6.45) is 2.58. The molecule has 0 N–H and O–H groups in total. The van der Waals surface area contributed by atoms with Crippen molar-refractivity contribution in [3.8, 4) is 6.07 Å². The summed E-state index contributed by atoms with van der Waals surface area (Å²) < 4.78 is 0. The number of hydrogen-bond donors (Lipinski definition) is 0. The van der Waals surface area contributed by atoms with Gasteiger partial charge in [-0.1, -0.05) is 0 Å². The van der Waals surface area contributed by atoms with Gasteiger partial charge >= 0.3 is 0 Å². The van der Waals surface area contributed by atoms with Crippen molar-refractivity contribution in [2.75, 3.05) is 19.3 Å². The zero-order valence-electron chi connectivity index (χ0n) is 7.82. The van der Waals surface area contributed by atoms with Crippen molar-refractivity contribution in [2.45, 2.75) is 24.5 Å². The molecule has 1 saturated heterocycles. The van der Waals surface area contributed by atoms with Crippen molar-refractivity contribution in [1.82, 2.24) is 4.90 Å². The second-order valence-electron chi connectivity index (χ2n) is 3.17. The molecule has 0 radical (unpaired) electrons. The largest absolute Gasteiger partial charge is 0.344 e. The number of thioether (sulfide) groups is 1. The van der Waals surface area contributed by atoms with Crippen LogP contribution in [-0.4, -0.2) is 35.4 Å². The average molecular weight is 198 g/mol. The Morgan fingerprint density at radius 1 is 1.77 bits per heavy atom. The number of carbonyl (C=O) groups excluding carboxylic acids is 1. The lowest BCUT2D eigenvalue weighted by Crippen LogP contribution is -2.34. The monoisotopic (exact) mass is 198 g/mol. The normalized spacial score (nSPS) is 21.1. The topological polar surface area (TPSA) is 44.1 Å². The van der Waals surface area contributed by atoms with E-state index in [-0.39, 0.29) is 11.2 Å². The molecule has 1 fully saturated rings. The Morgan fingerprint density at radius 3 is 3.08 bits per heavy atom. The lowest BCUT2D eigenvalue weighted by molar-refractivity contribution is -0.129. The molecular formula is C9H14N2OS. The molecule has 0 spiro atoms. The summed E-state index contributed by atoms with van der Waals surface area (Å²) in [6, 6.07) is 2.04. The van der Waals surface area contributed by atoms with Crippen LogP contribution < -0.4 is 0 Å². The summed E-state index contributed by atoms with van der Waals surface area (Å²) in [7, 11) is 1.78. The Morgan fingerprint density at radius 2 is 2.54 bits per heavy atom. The molecular weight excluding hydrogens is 184 g/mol. The molecule has 0 aromatic carbocycles. The number of nitriles is 1. The molecule has 72 valence electrons. The van der Waals surface area contributed by atoms with Crippen molar-refractivity contribution in [3.05, 3.63) is 0 Å². The van der Waals surface area contributed by atoms with Crippen LogP contribution >= 0.6 is 11.8 Å². The third-order valence-corrected chi connectivity index (χ3v) is 3.50. The number of amides is 1. The van der Waals surface area contributed by atoms with E-state index in [1.54, 1.807) is 23.7 Å². The van der Waals surface area contributed by atoms with E-state index in [1.807, 2.05) is 6.07 Å². The number of nitrogens with zero attached hydrogens (tertiary/aromatic N) is 2. The SMILES string of the molecule is CN(CCC#N)C(=O)C1CCCS1. The number of rotatable bonds is 3. The summed E-state index contributed by atoms with van der Waals surface area (Å²) in [5, 5.41) is 8.53. The minimum Gasteiger partial charge on any atom is -0.344 e. The second-order valence-corrected chi connectivity index (χ2v) is 4.48. The Balaban J connectivity index is 2.33. The van der Waals surface area contributed by atoms with E-state index < -0.39 is 0 Å². The van der Waals surface area contributed by atoms with Crippen LogP contribution in [0.4, 0.5) is 0 Å². The van der Waals surface area contributed by atoms with Gasteiger partial charge in [-0.3, -0.25) is 4.79 Å². The van der Waals surface area contributed by atoms with Gasteiger partial charge < -0.3 is 4.90 Å². The molecule has 1 heterocycles. The summed E-state index contributed by atoms with van der Waals surface area (Å²) in [6.45, 7) is 0.562. The minimum absolute atomic E-state index is 0.156. The quantitative estimate of drug-likeness (QED) is 0.685. The summed E-state index contributed by atoms with van der Waals surface area (Å²) in [5.74, 6) is 1.29. The third kappa shape index (κ3) is 2.92. The second kappa shape index (κ2) is 5.13. The average Bonchev–Trinajstić information content (AvgIpc) is 2.65. The van der Waals surface area contributed by atoms with Gasteiger partial charge in [0.15, 0.2) is 0 Å². The third-order valence-electron chi connectivity index (χ3n) is 2.14. The summed E-state index contributed by atoms with van der Waals surface area (Å²) >= 11 is 1.74. The Kier molecular flexibility index (Phi) is 4.10. The van der Waals surface area contributed by atoms with Crippen LogP contribution in [0.3, 0.4) is 0 Å². The van der Waals surface area contributed by atoms with Gasteiger partial charge in [0.25, 0.3) is 0 Å². The smallest absolute Gasteiger partial charge is 0.235 e. The summed E-state index contributed by atoms with van der Waals surface area (Å²) in [4.78, 5) is 13.3. The Hall–Kier alpha value is -0.690. The number of carbonyl (C=O) groups is 1. The first-order valence-electron chi connectivity index (χ1n) is 4.49. The van der Waals surface area contributed by atoms with Gasteiger partial charge in [-0.25, -0.2) is 0 Å². The molecule has 13 heavy (non-hydrogen) atoms. The first kappa shape index (κ1) is 10.4. The zero-order chi connectivity index (χ0) is 9.68. The van der Waals surface area contributed by atoms with Gasteiger partial charge in [0.2, 0.25) is 5.91 Å². The van der Waals surface area contributed by atoms with Gasteiger partial charge in [-0.2, -0.15) is 5.26 Å². The summed E-state index contributed by atoms with van der Waals surface area (Å²) in [5.41, 5.74) is 0. The van der Waals surface area contributed by atoms with Crippen molar-refractivity contribution >= 4 is 17.7 Å². The maximum absolute atomic E-state index is 11.6. The lowest BCUT2D eigenvalue weighted by Gasteiger charge is -2.18. The standard InChI is InChI=1S/C9H14N2OS/c1-11(6-3-5-10)9(12)8-4-2-7-13-8/h8H,2-4,6-7H2,1H3. The van der Waals surface area contributed by atoms with Gasteiger partial charge in [0.05, 0.1) is 17.7 Å². The first-order valence-corrected chi connectivity index (χ1v) is 5.54. The fourth-order valence-electron chi connectivity index (χ4n) is 1.35. The van der Waals surface area contributed by atoms with E-state index in [9.17, 15) is 4.79 Å². The predicted molar refractivity (Wildman–Crippen MR) is 53.3 cm³/mol. The van der Waals surface area contributed by atoms with Crippen LogP contribution in [0.15, 0.2) is 0 Å². The maximum atomic E-state index is 11.6. The predicted octanol–water partition coefficient (Wildman–Crippen LogP) is 1.25. The molecule has 1 aliphatic rings. The fraction of sp³-hybridized carbons (Fsp3) is 0.778. The fourth-order valence-corrected chi connectivity index (χ4v) is 2.62. The van der Waals surface area contributed by atoms with Crippen molar-refractivity contribution in [1.29, 1.82) is 5.26 Å². The molecule has 1 rings (SSSR count). The van der Waals surface area contributed by atoms with E-state index >= 15 is 0 Å². The molecule has 1 aliphatic heterocycles. The molecule has 1 atom stereocenters. The van der Waals surface area contributed by atoms with Crippen LogP contribution in [0, 0.1) is 11.3 Å². The zero-order valence-corrected chi connectivity index (χ0v) is 8.64. The Bertz CT molecular complexity index is 218. The Labute approximate surface area is 83.1 Å². The van der Waals surface area contributed by atoms with Crippen molar-refractivity contribution < 1.29 is 4.79 Å². The van der Waals surface area contributed by atoms with Crippen LogP contribution in [-0.2, 0) is 4.79 Å². The highest BCUT2D eigenvalue weighted by atomic mass is 32.2. The first-order chi connectivity index (χ1) is 6.25. The molecule has 0 aromatic heterocycles. The minimum atomic E-state index is 0.156. The van der Waals surface area contributed by atoms with E-state index in [0.717, 1.165) is 18.6 Å². The molecule has 0 saturated carbocycles. The molecule has 0 aliphatic carbocycles. The van der Waals surface area contributed by atoms with Gasteiger partial charge in [-0.15, -0.1) is 11.8 Å². The van der Waals surface area contributed by atoms with Gasteiger partial charge in [-0.05, 0) is 18.6 Å². The highest BCUT2D eigenvalue weighted by Crippen LogP contribution is 2.27. The molecule has 3 nitrogen and oxygen atoms in total. The number of hydrogen-bond acceptors (Lipinski definition) is 3. The lowest BCUT2D eigenvalue weighted by atomic mass is 10.2. The van der Waals surface area contributed by atoms with E-state index in [0.29, 0.717) is 13.0 Å². The van der Waals surface area contributed by atoms with Crippen molar-refractivity contribution in [3.63, 3.8) is 0 Å². The van der Waals surface area contributed by atoms with Crippen LogP contribution in [0.2, 0.25) is 0 Å². The van der Waals surface area contributed by atoms with E-state index in [2.05, 4.69) is 0 Å². The van der Waals surface area contributed by atoms with Crippen LogP contribution in [0.1, 0.15) is 19.3 Å². The van der Waals surface area contributed by atoms with Crippen molar-refractivity contribution in [2.24, 2.45) is 0 Å². The van der Waals surface area contributed by atoms with Crippen LogP contribution in [0.5, 0.6) is 0 Å². The highest BCUT2D eigenvalue weighted by molar-refractivity contribution is 8.00. The molecule has 1 unspecified atom stereocenters. The molecule has 4 heteroatoms. The highest BCUT2D eigenvalue weighted by Gasteiger charge is 2.25. The van der Waals surface area contributed by atoms with Gasteiger partial charge in [0, 0.05) is 13.6 Å².